The summed E-state index contributed by atoms with van der Waals surface area (Å²) in [4.78, 5) is 22.9. The van der Waals surface area contributed by atoms with Gasteiger partial charge in [0.1, 0.15) is 17.5 Å². The van der Waals surface area contributed by atoms with Crippen LogP contribution in [0, 0.1) is 19.5 Å². The minimum Gasteiger partial charge on any atom is -0.480 e. The van der Waals surface area contributed by atoms with Crippen LogP contribution in [0.5, 0.6) is 0 Å². The van der Waals surface area contributed by atoms with Crippen molar-refractivity contribution in [2.75, 3.05) is 11.4 Å². The van der Waals surface area contributed by atoms with Gasteiger partial charge in [-0.05, 0) is 35.4 Å². The molecule has 1 aromatic rings. The van der Waals surface area contributed by atoms with Crippen molar-refractivity contribution in [2.45, 2.75) is 18.9 Å². The van der Waals surface area contributed by atoms with E-state index in [2.05, 4.69) is 0 Å². The van der Waals surface area contributed by atoms with Crippen LogP contribution in [0.3, 0.4) is 0 Å². The predicted octanol–water partition coefficient (Wildman–Crippen LogP) is 2.39. The van der Waals surface area contributed by atoms with Gasteiger partial charge in [0.15, 0.2) is 0 Å². The lowest BCUT2D eigenvalue weighted by Gasteiger charge is -2.23. The third kappa shape index (κ3) is 2.62. The maximum atomic E-state index is 13.6. The molecule has 1 saturated heterocycles. The molecular weight excluding hydrogens is 370 g/mol. The summed E-state index contributed by atoms with van der Waals surface area (Å²) in [5, 5.41) is 20.1. The predicted molar refractivity (Wildman–Crippen MR) is 73.8 cm³/mol. The SMILES string of the molecule is O=C(O)C1CCCN1c1cc(F)c(I)cc1[N+](=O)[O-]. The number of nitro groups is 1. The highest BCUT2D eigenvalue weighted by atomic mass is 127. The molecule has 1 N–H and O–H groups in total. The maximum absolute atomic E-state index is 13.6. The smallest absolute Gasteiger partial charge is 0.326 e. The van der Waals surface area contributed by atoms with E-state index in [1.807, 2.05) is 0 Å². The van der Waals surface area contributed by atoms with Crippen molar-refractivity contribution in [3.8, 4) is 0 Å². The zero-order valence-corrected chi connectivity index (χ0v) is 11.8. The minimum absolute atomic E-state index is 0.0350. The highest BCUT2D eigenvalue weighted by Gasteiger charge is 2.35. The number of aliphatic carboxylic acids is 1. The fraction of sp³-hybridized carbons (Fsp3) is 0.364. The molecule has 0 saturated carbocycles. The molecule has 6 nitrogen and oxygen atoms in total. The summed E-state index contributed by atoms with van der Waals surface area (Å²) in [5.74, 6) is -1.64. The third-order valence-corrected chi connectivity index (χ3v) is 3.89. The standard InChI is InChI=1S/C11H10FIN2O4/c12-6-4-9(10(15(18)19)5-7(6)13)14-3-1-2-8(14)11(16)17/h4-5,8H,1-3H2,(H,16,17). The molecule has 1 atom stereocenters. The first kappa shape index (κ1) is 14.0. The number of hydrogen-bond donors (Lipinski definition) is 1. The molecule has 1 aliphatic rings. The molecule has 0 amide bonds. The molecular formula is C11H10FIN2O4. The Kier molecular flexibility index (Phi) is 3.88. The first-order valence-electron chi connectivity index (χ1n) is 5.54. The summed E-state index contributed by atoms with van der Waals surface area (Å²) in [6.45, 7) is 0.373. The van der Waals surface area contributed by atoms with E-state index in [9.17, 15) is 19.3 Å². The van der Waals surface area contributed by atoms with Crippen molar-refractivity contribution in [3.63, 3.8) is 0 Å². The number of anilines is 1. The van der Waals surface area contributed by atoms with Crippen LogP contribution in [0.25, 0.3) is 0 Å². The largest absolute Gasteiger partial charge is 0.480 e. The normalized spacial score (nSPS) is 18.6. The third-order valence-electron chi connectivity index (χ3n) is 3.06. The van der Waals surface area contributed by atoms with Crippen LogP contribution in [0.2, 0.25) is 0 Å². The van der Waals surface area contributed by atoms with E-state index < -0.39 is 22.8 Å². The van der Waals surface area contributed by atoms with E-state index in [1.54, 1.807) is 22.6 Å². The lowest BCUT2D eigenvalue weighted by molar-refractivity contribution is -0.384. The molecule has 2 rings (SSSR count). The van der Waals surface area contributed by atoms with Crippen molar-refractivity contribution in [1.29, 1.82) is 0 Å². The number of carboxylic acid groups (broad SMARTS) is 1. The topological polar surface area (TPSA) is 83.7 Å². The van der Waals surface area contributed by atoms with E-state index in [-0.39, 0.29) is 14.9 Å². The van der Waals surface area contributed by atoms with Crippen molar-refractivity contribution in [1.82, 2.24) is 0 Å². The molecule has 1 heterocycles. The molecule has 1 unspecified atom stereocenters. The van der Waals surface area contributed by atoms with Gasteiger partial charge in [0, 0.05) is 18.7 Å². The van der Waals surface area contributed by atoms with Gasteiger partial charge in [-0.1, -0.05) is 0 Å². The number of benzene rings is 1. The van der Waals surface area contributed by atoms with E-state index >= 15 is 0 Å². The van der Waals surface area contributed by atoms with Crippen molar-refractivity contribution in [2.24, 2.45) is 0 Å². The minimum atomic E-state index is -1.05. The van der Waals surface area contributed by atoms with Crippen LogP contribution in [0.15, 0.2) is 12.1 Å². The number of carbonyl (C=O) groups is 1. The second-order valence-electron chi connectivity index (χ2n) is 4.20. The average molecular weight is 380 g/mol. The van der Waals surface area contributed by atoms with Gasteiger partial charge in [0.2, 0.25) is 0 Å². The molecule has 1 fully saturated rings. The van der Waals surface area contributed by atoms with E-state index in [1.165, 1.54) is 4.90 Å². The van der Waals surface area contributed by atoms with Crippen LogP contribution >= 0.6 is 22.6 Å². The van der Waals surface area contributed by atoms with Gasteiger partial charge in [-0.25, -0.2) is 9.18 Å². The highest BCUT2D eigenvalue weighted by molar-refractivity contribution is 14.1. The van der Waals surface area contributed by atoms with Gasteiger partial charge >= 0.3 is 5.97 Å². The van der Waals surface area contributed by atoms with Crippen LogP contribution in [0.4, 0.5) is 15.8 Å². The molecule has 1 aliphatic heterocycles. The molecule has 0 spiro atoms. The van der Waals surface area contributed by atoms with Crippen molar-refractivity contribution in [3.05, 3.63) is 31.6 Å². The zero-order valence-electron chi connectivity index (χ0n) is 9.68. The van der Waals surface area contributed by atoms with Crippen LogP contribution in [-0.2, 0) is 4.79 Å². The number of nitro benzene ring substituents is 1. The molecule has 102 valence electrons. The average Bonchev–Trinajstić information content (AvgIpc) is 2.80. The number of nitrogens with zero attached hydrogens (tertiary/aromatic N) is 2. The van der Waals surface area contributed by atoms with E-state index in [0.29, 0.717) is 19.4 Å². The van der Waals surface area contributed by atoms with E-state index in [0.717, 1.165) is 12.1 Å². The fourth-order valence-corrected chi connectivity index (χ4v) is 2.66. The highest BCUT2D eigenvalue weighted by Crippen LogP contribution is 2.35. The number of hydrogen-bond acceptors (Lipinski definition) is 4. The first-order chi connectivity index (χ1) is 8.91. The maximum Gasteiger partial charge on any atom is 0.326 e. The summed E-state index contributed by atoms with van der Waals surface area (Å²) >= 11 is 1.67. The number of carboxylic acids is 1. The summed E-state index contributed by atoms with van der Waals surface area (Å²) in [6, 6.07) is 1.34. The molecule has 1 aromatic carbocycles. The summed E-state index contributed by atoms with van der Waals surface area (Å²) in [5.41, 5.74) is -0.230. The van der Waals surface area contributed by atoms with Crippen LogP contribution < -0.4 is 4.90 Å². The van der Waals surface area contributed by atoms with Gasteiger partial charge < -0.3 is 10.0 Å². The van der Waals surface area contributed by atoms with Gasteiger partial charge in [0.05, 0.1) is 8.49 Å². The van der Waals surface area contributed by atoms with Gasteiger partial charge in [0.25, 0.3) is 5.69 Å². The molecule has 0 aliphatic carbocycles. The van der Waals surface area contributed by atoms with Crippen LogP contribution in [-0.4, -0.2) is 28.6 Å². The molecule has 0 radical (unpaired) electrons. The number of halogens is 2. The molecule has 0 aromatic heterocycles. The Hall–Kier alpha value is -1.45. The Bertz CT molecular complexity index is 552. The molecule has 0 bridgehead atoms. The molecule has 19 heavy (non-hydrogen) atoms. The summed E-state index contributed by atoms with van der Waals surface area (Å²) in [7, 11) is 0. The summed E-state index contributed by atoms with van der Waals surface area (Å²) in [6.07, 6.45) is 1.02. The number of rotatable bonds is 3. The quantitative estimate of drug-likeness (QED) is 0.495. The first-order valence-corrected chi connectivity index (χ1v) is 6.62. The Morgan fingerprint density at radius 1 is 1.58 bits per heavy atom. The second kappa shape index (κ2) is 5.27. The zero-order chi connectivity index (χ0) is 14.2. The Morgan fingerprint density at radius 2 is 2.26 bits per heavy atom. The van der Waals surface area contributed by atoms with E-state index in [4.69, 9.17) is 5.11 Å². The lowest BCUT2D eigenvalue weighted by Crippen LogP contribution is -2.36. The fourth-order valence-electron chi connectivity index (χ4n) is 2.21. The Labute approximate surface area is 121 Å². The van der Waals surface area contributed by atoms with Crippen molar-refractivity contribution >= 4 is 39.9 Å². The Balaban J connectivity index is 2.51. The lowest BCUT2D eigenvalue weighted by atomic mass is 10.2. The van der Waals surface area contributed by atoms with Crippen molar-refractivity contribution < 1.29 is 19.2 Å². The van der Waals surface area contributed by atoms with Gasteiger partial charge in [-0.2, -0.15) is 0 Å². The van der Waals surface area contributed by atoms with Gasteiger partial charge in [-0.3, -0.25) is 10.1 Å². The Morgan fingerprint density at radius 3 is 2.84 bits per heavy atom. The monoisotopic (exact) mass is 380 g/mol. The second-order valence-corrected chi connectivity index (χ2v) is 5.36. The van der Waals surface area contributed by atoms with Gasteiger partial charge in [-0.15, -0.1) is 0 Å². The summed E-state index contributed by atoms with van der Waals surface area (Å²) < 4.78 is 13.7. The molecule has 8 heteroatoms. The van der Waals surface area contributed by atoms with Crippen LogP contribution in [0.1, 0.15) is 12.8 Å².